The first kappa shape index (κ1) is 12.5. The second-order valence-electron chi connectivity index (χ2n) is 5.03. The van der Waals surface area contributed by atoms with E-state index in [1.54, 1.807) is 16.7 Å². The van der Waals surface area contributed by atoms with E-state index in [2.05, 4.69) is 0 Å². The smallest absolute Gasteiger partial charge is 0.308 e. The molecule has 4 nitrogen and oxygen atoms in total. The number of nitrogens with zero attached hydrogens (tertiary/aromatic N) is 1. The summed E-state index contributed by atoms with van der Waals surface area (Å²) in [5.74, 6) is -0.377. The van der Waals surface area contributed by atoms with E-state index >= 15 is 0 Å². The van der Waals surface area contributed by atoms with E-state index < -0.39 is 11.9 Å². The van der Waals surface area contributed by atoms with Gasteiger partial charge in [0.1, 0.15) is 0 Å². The minimum Gasteiger partial charge on any atom is -0.481 e. The second kappa shape index (κ2) is 4.89. The summed E-state index contributed by atoms with van der Waals surface area (Å²) in [5.41, 5.74) is 0.709. The van der Waals surface area contributed by atoms with Gasteiger partial charge >= 0.3 is 5.97 Å². The van der Waals surface area contributed by atoms with E-state index in [9.17, 15) is 9.59 Å². The molecule has 3 rings (SSSR count). The highest BCUT2D eigenvalue weighted by Crippen LogP contribution is 2.34. The zero-order valence-electron chi connectivity index (χ0n) is 10.4. The van der Waals surface area contributed by atoms with Gasteiger partial charge in [-0.1, -0.05) is 12.1 Å². The highest BCUT2D eigenvalue weighted by atomic mass is 32.2. The monoisotopic (exact) mass is 277 g/mol. The van der Waals surface area contributed by atoms with Gasteiger partial charge < -0.3 is 10.0 Å². The molecule has 1 N–H and O–H groups in total. The van der Waals surface area contributed by atoms with Gasteiger partial charge in [-0.25, -0.2) is 0 Å². The van der Waals surface area contributed by atoms with Gasteiger partial charge in [0, 0.05) is 23.2 Å². The number of carbonyl (C=O) groups excluding carboxylic acids is 1. The lowest BCUT2D eigenvalue weighted by atomic mass is 9.93. The number of fused-ring (bicyclic) bond motifs is 2. The molecule has 0 unspecified atom stereocenters. The molecule has 2 aliphatic heterocycles. The molecular formula is C14H15NO3S. The number of aliphatic carboxylic acids is 1. The van der Waals surface area contributed by atoms with E-state index in [0.29, 0.717) is 18.5 Å². The average Bonchev–Trinajstić information content (AvgIpc) is 2.57. The number of hydrogen-bond donors (Lipinski definition) is 1. The lowest BCUT2D eigenvalue weighted by Crippen LogP contribution is -2.49. The van der Waals surface area contributed by atoms with Crippen LogP contribution in [0.15, 0.2) is 29.2 Å². The molecule has 2 heterocycles. The second-order valence-corrected chi connectivity index (χ2v) is 6.09. The minimum absolute atomic E-state index is 0.0171. The van der Waals surface area contributed by atoms with Crippen LogP contribution in [-0.4, -0.2) is 40.2 Å². The predicted molar refractivity (Wildman–Crippen MR) is 72.4 cm³/mol. The Bertz CT molecular complexity index is 531. The maximum atomic E-state index is 12.6. The number of piperidine rings is 1. The topological polar surface area (TPSA) is 57.6 Å². The molecular weight excluding hydrogens is 262 g/mol. The van der Waals surface area contributed by atoms with Crippen molar-refractivity contribution in [2.45, 2.75) is 23.8 Å². The van der Waals surface area contributed by atoms with Crippen LogP contribution >= 0.6 is 11.8 Å². The lowest BCUT2D eigenvalue weighted by molar-refractivity contribution is -0.143. The Morgan fingerprint density at radius 2 is 2.11 bits per heavy atom. The Morgan fingerprint density at radius 1 is 1.32 bits per heavy atom. The van der Waals surface area contributed by atoms with Crippen molar-refractivity contribution in [3.63, 3.8) is 0 Å². The van der Waals surface area contributed by atoms with Crippen molar-refractivity contribution in [1.82, 2.24) is 4.90 Å². The van der Waals surface area contributed by atoms with Crippen molar-refractivity contribution < 1.29 is 14.7 Å². The van der Waals surface area contributed by atoms with Crippen LogP contribution in [0.5, 0.6) is 0 Å². The first-order chi connectivity index (χ1) is 9.16. The molecule has 1 fully saturated rings. The summed E-state index contributed by atoms with van der Waals surface area (Å²) in [4.78, 5) is 26.5. The van der Waals surface area contributed by atoms with Gasteiger partial charge in [0.25, 0.3) is 5.91 Å². The van der Waals surface area contributed by atoms with Gasteiger partial charge in [-0.3, -0.25) is 9.59 Å². The van der Waals surface area contributed by atoms with E-state index in [-0.39, 0.29) is 11.9 Å². The van der Waals surface area contributed by atoms with Crippen LogP contribution in [0.3, 0.4) is 0 Å². The van der Waals surface area contributed by atoms with Crippen LogP contribution < -0.4 is 0 Å². The maximum Gasteiger partial charge on any atom is 0.308 e. The van der Waals surface area contributed by atoms with Crippen LogP contribution in [0.1, 0.15) is 23.2 Å². The third-order valence-electron chi connectivity index (χ3n) is 3.87. The zero-order chi connectivity index (χ0) is 13.4. The van der Waals surface area contributed by atoms with E-state index in [1.807, 2.05) is 24.3 Å². The standard InChI is InChI=1S/C14H15NO3S/c16-13-11-3-1-2-4-12(11)19-8-10-6-5-9(14(17)18)7-15(10)13/h1-4,9-10H,5-8H2,(H,17,18)/t9-,10-/m0/s1. The summed E-state index contributed by atoms with van der Waals surface area (Å²) < 4.78 is 0. The van der Waals surface area contributed by atoms with Crippen molar-refractivity contribution in [1.29, 1.82) is 0 Å². The third kappa shape index (κ3) is 2.23. The molecule has 0 spiro atoms. The fourth-order valence-electron chi connectivity index (χ4n) is 2.76. The Hall–Kier alpha value is -1.49. The zero-order valence-corrected chi connectivity index (χ0v) is 11.2. The first-order valence-corrected chi connectivity index (χ1v) is 7.41. The number of benzene rings is 1. The summed E-state index contributed by atoms with van der Waals surface area (Å²) in [5, 5.41) is 9.14. The van der Waals surface area contributed by atoms with E-state index in [4.69, 9.17) is 5.11 Å². The Labute approximate surface area is 115 Å². The quantitative estimate of drug-likeness (QED) is 0.854. The fraction of sp³-hybridized carbons (Fsp3) is 0.429. The molecule has 1 amide bonds. The summed E-state index contributed by atoms with van der Waals surface area (Å²) in [6, 6.07) is 7.75. The minimum atomic E-state index is -0.795. The highest BCUT2D eigenvalue weighted by Gasteiger charge is 2.37. The Morgan fingerprint density at radius 3 is 2.89 bits per heavy atom. The number of carbonyl (C=O) groups is 2. The number of thioether (sulfide) groups is 1. The Kier molecular flexibility index (Phi) is 3.22. The van der Waals surface area contributed by atoms with Gasteiger partial charge in [-0.05, 0) is 25.0 Å². The van der Waals surface area contributed by atoms with Gasteiger partial charge in [0.2, 0.25) is 0 Å². The molecule has 0 saturated carbocycles. The number of amides is 1. The lowest BCUT2D eigenvalue weighted by Gasteiger charge is -2.37. The molecule has 100 valence electrons. The molecule has 0 aromatic heterocycles. The van der Waals surface area contributed by atoms with Crippen LogP contribution in [0.4, 0.5) is 0 Å². The third-order valence-corrected chi connectivity index (χ3v) is 5.08. The number of carboxylic acid groups (broad SMARTS) is 1. The van der Waals surface area contributed by atoms with Crippen molar-refractivity contribution in [3.8, 4) is 0 Å². The predicted octanol–water partition coefficient (Wildman–Crippen LogP) is 2.10. The summed E-state index contributed by atoms with van der Waals surface area (Å²) in [7, 11) is 0. The van der Waals surface area contributed by atoms with Crippen molar-refractivity contribution in [3.05, 3.63) is 29.8 Å². The van der Waals surface area contributed by atoms with Crippen LogP contribution in [0, 0.1) is 5.92 Å². The molecule has 0 aliphatic carbocycles. The molecule has 0 bridgehead atoms. The van der Waals surface area contributed by atoms with Crippen LogP contribution in [-0.2, 0) is 4.79 Å². The van der Waals surface area contributed by atoms with Gasteiger partial charge in [0.15, 0.2) is 0 Å². The van der Waals surface area contributed by atoms with Gasteiger partial charge in [-0.15, -0.1) is 11.8 Å². The summed E-state index contributed by atoms with van der Waals surface area (Å²) in [6.07, 6.45) is 1.45. The highest BCUT2D eigenvalue weighted by molar-refractivity contribution is 7.99. The van der Waals surface area contributed by atoms with Crippen molar-refractivity contribution in [2.75, 3.05) is 12.3 Å². The summed E-state index contributed by atoms with van der Waals surface area (Å²) >= 11 is 1.70. The Balaban J connectivity index is 1.92. The molecule has 0 radical (unpaired) electrons. The van der Waals surface area contributed by atoms with E-state index in [0.717, 1.165) is 17.1 Å². The normalized spacial score (nSPS) is 26.3. The molecule has 1 aromatic rings. The maximum absolute atomic E-state index is 12.6. The average molecular weight is 277 g/mol. The number of rotatable bonds is 1. The largest absolute Gasteiger partial charge is 0.481 e. The molecule has 2 aliphatic rings. The SMILES string of the molecule is O=C(O)[C@H]1CC[C@H]2CSc3ccccc3C(=O)N2C1. The van der Waals surface area contributed by atoms with Crippen LogP contribution in [0.2, 0.25) is 0 Å². The molecule has 19 heavy (non-hydrogen) atoms. The van der Waals surface area contributed by atoms with Crippen molar-refractivity contribution in [2.24, 2.45) is 5.92 Å². The first-order valence-electron chi connectivity index (χ1n) is 6.42. The van der Waals surface area contributed by atoms with Gasteiger partial charge in [-0.2, -0.15) is 0 Å². The van der Waals surface area contributed by atoms with Gasteiger partial charge in [0.05, 0.1) is 11.5 Å². The van der Waals surface area contributed by atoms with Crippen LogP contribution in [0.25, 0.3) is 0 Å². The fourth-order valence-corrected chi connectivity index (χ4v) is 3.96. The number of hydrogen-bond acceptors (Lipinski definition) is 3. The van der Waals surface area contributed by atoms with E-state index in [1.165, 1.54) is 0 Å². The molecule has 1 aromatic carbocycles. The summed E-state index contributed by atoms with van der Waals surface area (Å²) in [6.45, 7) is 0.341. The molecule has 2 atom stereocenters. The molecule has 5 heteroatoms. The molecule has 1 saturated heterocycles. The van der Waals surface area contributed by atoms with Crippen molar-refractivity contribution >= 4 is 23.6 Å². The number of carboxylic acids is 1.